The number of methoxy groups -OCH3 is 1. The first-order valence-electron chi connectivity index (χ1n) is 7.63. The molecule has 1 amide bonds. The summed E-state index contributed by atoms with van der Waals surface area (Å²) >= 11 is 0. The Labute approximate surface area is 143 Å². The molecular formula is C17H20F2N2O4. The second kappa shape index (κ2) is 7.08. The summed E-state index contributed by atoms with van der Waals surface area (Å²) in [5.74, 6) is -2.74. The number of benzene rings is 1. The van der Waals surface area contributed by atoms with Gasteiger partial charge in [-0.05, 0) is 38.5 Å². The first-order valence-corrected chi connectivity index (χ1v) is 7.63. The van der Waals surface area contributed by atoms with Crippen molar-refractivity contribution in [2.75, 3.05) is 7.11 Å². The molecule has 0 aliphatic heterocycles. The van der Waals surface area contributed by atoms with E-state index in [0.29, 0.717) is 11.1 Å². The van der Waals surface area contributed by atoms with Gasteiger partial charge >= 0.3 is 12.1 Å². The van der Waals surface area contributed by atoms with Crippen molar-refractivity contribution < 1.29 is 27.8 Å². The van der Waals surface area contributed by atoms with E-state index in [1.807, 2.05) is 0 Å². The molecule has 2 aromatic rings. The van der Waals surface area contributed by atoms with Gasteiger partial charge in [0.15, 0.2) is 11.6 Å². The fourth-order valence-electron chi connectivity index (χ4n) is 2.40. The Morgan fingerprint density at radius 2 is 2.00 bits per heavy atom. The molecule has 0 bridgehead atoms. The zero-order valence-corrected chi connectivity index (χ0v) is 14.4. The van der Waals surface area contributed by atoms with Crippen LogP contribution >= 0.6 is 0 Å². The van der Waals surface area contributed by atoms with Crippen LogP contribution in [0, 0.1) is 11.6 Å². The van der Waals surface area contributed by atoms with Crippen LogP contribution in [0.5, 0.6) is 0 Å². The number of carbonyl (C=O) groups is 2. The minimum Gasteiger partial charge on any atom is -0.467 e. The number of aromatic amines is 1. The SMILES string of the molecule is COC(=O)C(Cc1cc(F)c(F)c2cc[nH]c12)NC(=O)OC(C)(C)C. The molecule has 2 N–H and O–H groups in total. The van der Waals surface area contributed by atoms with Crippen LogP contribution in [0.4, 0.5) is 13.6 Å². The van der Waals surface area contributed by atoms with Crippen molar-refractivity contribution in [2.45, 2.75) is 38.8 Å². The van der Waals surface area contributed by atoms with Gasteiger partial charge in [-0.1, -0.05) is 0 Å². The van der Waals surface area contributed by atoms with E-state index >= 15 is 0 Å². The molecule has 0 radical (unpaired) electrons. The molecule has 6 nitrogen and oxygen atoms in total. The number of amides is 1. The molecule has 0 fully saturated rings. The third-order valence-corrected chi connectivity index (χ3v) is 3.42. The van der Waals surface area contributed by atoms with Gasteiger partial charge in [-0.15, -0.1) is 0 Å². The lowest BCUT2D eigenvalue weighted by atomic mass is 10.0. The molecule has 1 aromatic carbocycles. The Morgan fingerprint density at radius 3 is 2.60 bits per heavy atom. The summed E-state index contributed by atoms with van der Waals surface area (Å²) in [6.07, 6.45) is 0.554. The number of rotatable bonds is 4. The lowest BCUT2D eigenvalue weighted by Gasteiger charge is -2.22. The first kappa shape index (κ1) is 18.7. The lowest BCUT2D eigenvalue weighted by molar-refractivity contribution is -0.143. The van der Waals surface area contributed by atoms with Crippen molar-refractivity contribution >= 4 is 23.0 Å². The summed E-state index contributed by atoms with van der Waals surface area (Å²) in [5, 5.41) is 2.46. The molecule has 25 heavy (non-hydrogen) atoms. The van der Waals surface area contributed by atoms with Crippen LogP contribution < -0.4 is 5.32 Å². The fraction of sp³-hybridized carbons (Fsp3) is 0.412. The number of carbonyl (C=O) groups excluding carboxylic acids is 2. The lowest BCUT2D eigenvalue weighted by Crippen LogP contribution is -2.45. The van der Waals surface area contributed by atoms with Crippen LogP contribution in [-0.4, -0.2) is 35.8 Å². The Kier molecular flexibility index (Phi) is 5.30. The maximum Gasteiger partial charge on any atom is 0.408 e. The summed E-state index contributed by atoms with van der Waals surface area (Å²) in [5.41, 5.74) is -0.0800. The van der Waals surface area contributed by atoms with Crippen molar-refractivity contribution in [1.82, 2.24) is 10.3 Å². The van der Waals surface area contributed by atoms with E-state index < -0.39 is 35.3 Å². The van der Waals surface area contributed by atoms with E-state index in [9.17, 15) is 18.4 Å². The summed E-state index contributed by atoms with van der Waals surface area (Å²) < 4.78 is 37.4. The van der Waals surface area contributed by atoms with Gasteiger partial charge < -0.3 is 19.8 Å². The zero-order chi connectivity index (χ0) is 18.8. The normalized spacial score (nSPS) is 12.7. The zero-order valence-electron chi connectivity index (χ0n) is 14.4. The molecule has 0 aliphatic rings. The van der Waals surface area contributed by atoms with Crippen molar-refractivity contribution in [3.05, 3.63) is 35.5 Å². The maximum atomic E-state index is 13.8. The fourth-order valence-corrected chi connectivity index (χ4v) is 2.40. The number of hydrogen-bond acceptors (Lipinski definition) is 4. The van der Waals surface area contributed by atoms with Gasteiger partial charge in [0.25, 0.3) is 0 Å². The first-order chi connectivity index (χ1) is 11.6. The van der Waals surface area contributed by atoms with Gasteiger partial charge in [-0.3, -0.25) is 0 Å². The van der Waals surface area contributed by atoms with E-state index in [2.05, 4.69) is 15.0 Å². The number of aromatic nitrogens is 1. The van der Waals surface area contributed by atoms with Gasteiger partial charge in [0.1, 0.15) is 11.6 Å². The van der Waals surface area contributed by atoms with Crippen molar-refractivity contribution in [3.8, 4) is 0 Å². The third-order valence-electron chi connectivity index (χ3n) is 3.42. The molecule has 1 heterocycles. The average Bonchev–Trinajstić information content (AvgIpc) is 2.99. The molecule has 0 spiro atoms. The molecule has 1 atom stereocenters. The standard InChI is InChI=1S/C17H20F2N2O4/c1-17(2,3)25-16(23)21-12(15(22)24-4)8-9-7-11(18)13(19)10-5-6-20-14(9)10/h5-7,12,20H,8H2,1-4H3,(H,21,23). The topological polar surface area (TPSA) is 80.4 Å². The highest BCUT2D eigenvalue weighted by molar-refractivity contribution is 5.86. The molecule has 0 saturated heterocycles. The smallest absolute Gasteiger partial charge is 0.408 e. The largest absolute Gasteiger partial charge is 0.467 e. The number of nitrogens with one attached hydrogen (secondary N) is 2. The van der Waals surface area contributed by atoms with Crippen LogP contribution in [0.3, 0.4) is 0 Å². The predicted molar refractivity (Wildman–Crippen MR) is 87.1 cm³/mol. The average molecular weight is 354 g/mol. The van der Waals surface area contributed by atoms with Gasteiger partial charge in [-0.2, -0.15) is 0 Å². The maximum absolute atomic E-state index is 13.8. The second-order valence-electron chi connectivity index (χ2n) is 6.52. The Bertz CT molecular complexity index is 796. The molecule has 0 saturated carbocycles. The number of halogens is 2. The van der Waals surface area contributed by atoms with E-state index in [4.69, 9.17) is 4.74 Å². The minimum atomic E-state index is -1.11. The van der Waals surface area contributed by atoms with E-state index in [1.54, 1.807) is 20.8 Å². The van der Waals surface area contributed by atoms with E-state index in [-0.39, 0.29) is 11.8 Å². The van der Waals surface area contributed by atoms with Crippen molar-refractivity contribution in [1.29, 1.82) is 0 Å². The molecule has 0 aliphatic carbocycles. The van der Waals surface area contributed by atoms with Gasteiger partial charge in [0.05, 0.1) is 12.6 Å². The van der Waals surface area contributed by atoms with Crippen LogP contribution in [0.1, 0.15) is 26.3 Å². The highest BCUT2D eigenvalue weighted by Crippen LogP contribution is 2.24. The highest BCUT2D eigenvalue weighted by atomic mass is 19.2. The Morgan fingerprint density at radius 1 is 1.32 bits per heavy atom. The molecule has 1 aromatic heterocycles. The number of alkyl carbamates (subject to hydrolysis) is 1. The number of esters is 1. The summed E-state index contributed by atoms with van der Waals surface area (Å²) in [6.45, 7) is 5.03. The predicted octanol–water partition coefficient (Wildman–Crippen LogP) is 3.05. The summed E-state index contributed by atoms with van der Waals surface area (Å²) in [7, 11) is 1.17. The van der Waals surface area contributed by atoms with Gasteiger partial charge in [0, 0.05) is 18.0 Å². The number of H-pyrrole nitrogens is 1. The number of hydrogen-bond donors (Lipinski definition) is 2. The highest BCUT2D eigenvalue weighted by Gasteiger charge is 2.27. The molecule has 1 unspecified atom stereocenters. The van der Waals surface area contributed by atoms with Crippen molar-refractivity contribution in [2.24, 2.45) is 0 Å². The van der Waals surface area contributed by atoms with Gasteiger partial charge in [0.2, 0.25) is 0 Å². The Balaban J connectivity index is 2.29. The monoisotopic (exact) mass is 354 g/mol. The minimum absolute atomic E-state index is 0.0656. The van der Waals surface area contributed by atoms with Crippen LogP contribution in [-0.2, 0) is 20.7 Å². The number of ether oxygens (including phenoxy) is 2. The quantitative estimate of drug-likeness (QED) is 0.827. The van der Waals surface area contributed by atoms with Gasteiger partial charge in [-0.25, -0.2) is 18.4 Å². The second-order valence-corrected chi connectivity index (χ2v) is 6.52. The molecule has 2 rings (SSSR count). The third kappa shape index (κ3) is 4.46. The van der Waals surface area contributed by atoms with E-state index in [1.165, 1.54) is 19.4 Å². The molecular weight excluding hydrogens is 334 g/mol. The Hall–Kier alpha value is -2.64. The molecule has 136 valence electrons. The summed E-state index contributed by atoms with van der Waals surface area (Å²) in [4.78, 5) is 26.7. The van der Waals surface area contributed by atoms with Crippen LogP contribution in [0.2, 0.25) is 0 Å². The van der Waals surface area contributed by atoms with E-state index in [0.717, 1.165) is 6.07 Å². The molecule has 8 heteroatoms. The van der Waals surface area contributed by atoms with Crippen LogP contribution in [0.25, 0.3) is 10.9 Å². The van der Waals surface area contributed by atoms with Crippen LogP contribution in [0.15, 0.2) is 18.3 Å². The number of fused-ring (bicyclic) bond motifs is 1. The van der Waals surface area contributed by atoms with Crippen molar-refractivity contribution in [3.63, 3.8) is 0 Å². The summed E-state index contributed by atoms with van der Waals surface area (Å²) in [6, 6.07) is 1.27.